The average molecular weight is 402 g/mol. The highest BCUT2D eigenvalue weighted by Gasteiger charge is 2.12. The van der Waals surface area contributed by atoms with Crippen LogP contribution in [0.5, 0.6) is 0 Å². The van der Waals surface area contributed by atoms with Gasteiger partial charge in [-0.15, -0.1) is 0 Å². The smallest absolute Gasteiger partial charge is 0.246 e. The lowest BCUT2D eigenvalue weighted by Crippen LogP contribution is -2.34. The van der Waals surface area contributed by atoms with Gasteiger partial charge >= 0.3 is 0 Å². The van der Waals surface area contributed by atoms with Crippen molar-refractivity contribution in [2.45, 2.75) is 20.4 Å². The van der Waals surface area contributed by atoms with E-state index in [1.807, 2.05) is 73.3 Å². The van der Waals surface area contributed by atoms with Crippen LogP contribution in [0.25, 0.3) is 6.08 Å². The number of likely N-dealkylation sites (N-methyl/N-ethyl adjacent to an activating group) is 1. The van der Waals surface area contributed by atoms with Gasteiger partial charge in [0.15, 0.2) is 0 Å². The van der Waals surface area contributed by atoms with Gasteiger partial charge in [-0.2, -0.15) is 5.10 Å². The molecule has 154 valence electrons. The lowest BCUT2D eigenvalue weighted by molar-refractivity contribution is -0.129. The van der Waals surface area contributed by atoms with Crippen molar-refractivity contribution in [2.24, 2.45) is 0 Å². The first-order valence-electron chi connectivity index (χ1n) is 9.78. The summed E-state index contributed by atoms with van der Waals surface area (Å²) >= 11 is 0. The molecule has 0 atom stereocenters. The van der Waals surface area contributed by atoms with E-state index in [1.54, 1.807) is 19.3 Å². The van der Waals surface area contributed by atoms with Crippen LogP contribution >= 0.6 is 0 Å². The topological polar surface area (TPSA) is 67.2 Å². The number of hydrogen-bond donors (Lipinski definition) is 1. The molecule has 1 aromatic heterocycles. The third kappa shape index (κ3) is 5.67. The number of nitrogens with zero attached hydrogens (tertiary/aromatic N) is 3. The second-order valence-corrected chi connectivity index (χ2v) is 7.30. The number of benzene rings is 2. The molecule has 2 aromatic carbocycles. The van der Waals surface area contributed by atoms with Crippen LogP contribution in [0.4, 0.5) is 5.69 Å². The van der Waals surface area contributed by atoms with E-state index in [-0.39, 0.29) is 18.4 Å². The van der Waals surface area contributed by atoms with Gasteiger partial charge in [0.25, 0.3) is 0 Å². The molecule has 0 saturated carbocycles. The molecule has 3 rings (SSSR count). The number of para-hydroxylation sites is 1. The van der Waals surface area contributed by atoms with Gasteiger partial charge < -0.3 is 10.2 Å². The lowest BCUT2D eigenvalue weighted by Gasteiger charge is -2.16. The molecule has 0 fully saturated rings. The van der Waals surface area contributed by atoms with Crippen LogP contribution in [0.3, 0.4) is 0 Å². The number of nitrogens with one attached hydrogen (secondary N) is 1. The number of carbonyl (C=O) groups is 2. The second-order valence-electron chi connectivity index (χ2n) is 7.30. The van der Waals surface area contributed by atoms with Crippen LogP contribution in [0.15, 0.2) is 67.0 Å². The Kier molecular flexibility index (Phi) is 6.80. The van der Waals surface area contributed by atoms with Crippen molar-refractivity contribution in [1.82, 2.24) is 14.7 Å². The lowest BCUT2D eigenvalue weighted by atomic mass is 10.1. The van der Waals surface area contributed by atoms with Crippen LogP contribution in [0.2, 0.25) is 0 Å². The minimum absolute atomic E-state index is 0.0236. The van der Waals surface area contributed by atoms with Gasteiger partial charge in [-0.3, -0.25) is 14.3 Å². The Hall–Kier alpha value is -3.67. The zero-order valence-corrected chi connectivity index (χ0v) is 17.5. The summed E-state index contributed by atoms with van der Waals surface area (Å²) in [6, 6.07) is 15.9. The highest BCUT2D eigenvalue weighted by Crippen LogP contribution is 2.19. The molecule has 6 nitrogen and oxygen atoms in total. The fourth-order valence-electron chi connectivity index (χ4n) is 3.10. The van der Waals surface area contributed by atoms with E-state index in [0.717, 1.165) is 27.9 Å². The molecule has 1 N–H and O–H groups in total. The molecule has 3 aromatic rings. The van der Waals surface area contributed by atoms with Crippen molar-refractivity contribution >= 4 is 23.6 Å². The van der Waals surface area contributed by atoms with Crippen LogP contribution in [-0.2, 0) is 16.1 Å². The summed E-state index contributed by atoms with van der Waals surface area (Å²) in [7, 11) is 1.61. The number of amides is 2. The standard InChI is InChI=1S/C24H26N4O2/c1-18-8-7-9-19(2)24(18)26-22(29)17-27(3)23(30)13-12-21-14-25-28(16-21)15-20-10-5-4-6-11-20/h4-14,16H,15,17H2,1-3H3,(H,26,29)/b13-12+. The van der Waals surface area contributed by atoms with Gasteiger partial charge in [0, 0.05) is 30.6 Å². The average Bonchev–Trinajstić information content (AvgIpc) is 3.17. The van der Waals surface area contributed by atoms with Gasteiger partial charge in [0.2, 0.25) is 11.8 Å². The van der Waals surface area contributed by atoms with Crippen molar-refractivity contribution in [3.05, 3.63) is 89.3 Å². The van der Waals surface area contributed by atoms with Crippen molar-refractivity contribution in [1.29, 1.82) is 0 Å². The normalized spacial score (nSPS) is 10.9. The van der Waals surface area contributed by atoms with Gasteiger partial charge in [0.05, 0.1) is 19.3 Å². The Bertz CT molecular complexity index is 1030. The van der Waals surface area contributed by atoms with Gasteiger partial charge in [-0.1, -0.05) is 48.5 Å². The van der Waals surface area contributed by atoms with Gasteiger partial charge in [-0.25, -0.2) is 0 Å². The molecule has 0 radical (unpaired) electrons. The summed E-state index contributed by atoms with van der Waals surface area (Å²) in [4.78, 5) is 26.1. The molecule has 6 heteroatoms. The Morgan fingerprint density at radius 1 is 1.07 bits per heavy atom. The first kappa shape index (κ1) is 21.0. The summed E-state index contributed by atoms with van der Waals surface area (Å²) in [6.45, 7) is 4.53. The summed E-state index contributed by atoms with van der Waals surface area (Å²) in [5.41, 5.74) is 4.76. The Balaban J connectivity index is 1.54. The van der Waals surface area contributed by atoms with E-state index in [4.69, 9.17) is 0 Å². The van der Waals surface area contributed by atoms with Crippen molar-refractivity contribution in [3.8, 4) is 0 Å². The zero-order chi connectivity index (χ0) is 21.5. The molecule has 0 aliphatic rings. The maximum Gasteiger partial charge on any atom is 0.246 e. The van der Waals surface area contributed by atoms with Gasteiger partial charge in [-0.05, 0) is 36.6 Å². The van der Waals surface area contributed by atoms with E-state index < -0.39 is 0 Å². The second kappa shape index (κ2) is 9.69. The predicted octanol–water partition coefficient (Wildman–Crippen LogP) is 3.66. The van der Waals surface area contributed by atoms with Crippen molar-refractivity contribution < 1.29 is 9.59 Å². The predicted molar refractivity (Wildman–Crippen MR) is 119 cm³/mol. The number of rotatable bonds is 7. The van der Waals surface area contributed by atoms with E-state index in [9.17, 15) is 9.59 Å². The van der Waals surface area contributed by atoms with Gasteiger partial charge in [0.1, 0.15) is 0 Å². The first-order valence-corrected chi connectivity index (χ1v) is 9.78. The van der Waals surface area contributed by atoms with Crippen LogP contribution in [0.1, 0.15) is 22.3 Å². The highest BCUT2D eigenvalue weighted by molar-refractivity contribution is 5.98. The van der Waals surface area contributed by atoms with E-state index in [1.165, 1.54) is 11.0 Å². The SMILES string of the molecule is Cc1cccc(C)c1NC(=O)CN(C)C(=O)/C=C/c1cnn(Cc2ccccc2)c1. The van der Waals surface area contributed by atoms with E-state index in [0.29, 0.717) is 6.54 Å². The van der Waals surface area contributed by atoms with Crippen LogP contribution < -0.4 is 5.32 Å². The Labute approximate surface area is 176 Å². The maximum absolute atomic E-state index is 12.4. The van der Waals surface area contributed by atoms with Crippen LogP contribution in [0, 0.1) is 13.8 Å². The molecule has 30 heavy (non-hydrogen) atoms. The molecule has 0 aliphatic heterocycles. The Morgan fingerprint density at radius 3 is 2.47 bits per heavy atom. The van der Waals surface area contributed by atoms with Crippen LogP contribution in [-0.4, -0.2) is 40.1 Å². The third-order valence-corrected chi connectivity index (χ3v) is 4.76. The third-order valence-electron chi connectivity index (χ3n) is 4.76. The van der Waals surface area contributed by atoms with Crippen molar-refractivity contribution in [3.63, 3.8) is 0 Å². The van der Waals surface area contributed by atoms with E-state index in [2.05, 4.69) is 10.4 Å². The number of hydrogen-bond acceptors (Lipinski definition) is 3. The fourth-order valence-corrected chi connectivity index (χ4v) is 3.10. The minimum atomic E-state index is -0.248. The zero-order valence-electron chi connectivity index (χ0n) is 17.5. The van der Waals surface area contributed by atoms with Crippen molar-refractivity contribution in [2.75, 3.05) is 18.9 Å². The number of carbonyl (C=O) groups excluding carboxylic acids is 2. The molecule has 0 spiro atoms. The molecular weight excluding hydrogens is 376 g/mol. The summed E-state index contributed by atoms with van der Waals surface area (Å²) in [6.07, 6.45) is 6.75. The summed E-state index contributed by atoms with van der Waals surface area (Å²) in [5.74, 6) is -0.477. The molecule has 0 unspecified atom stereocenters. The highest BCUT2D eigenvalue weighted by atomic mass is 16.2. The van der Waals surface area contributed by atoms with E-state index >= 15 is 0 Å². The number of anilines is 1. The molecular formula is C24H26N4O2. The molecule has 0 saturated heterocycles. The monoisotopic (exact) mass is 402 g/mol. The summed E-state index contributed by atoms with van der Waals surface area (Å²) in [5, 5.41) is 7.22. The fraction of sp³-hybridized carbons (Fsp3) is 0.208. The maximum atomic E-state index is 12.4. The quantitative estimate of drug-likeness (QED) is 0.614. The number of aryl methyl sites for hydroxylation is 2. The molecule has 0 aliphatic carbocycles. The minimum Gasteiger partial charge on any atom is -0.333 e. The molecule has 1 heterocycles. The number of aromatic nitrogens is 2. The first-order chi connectivity index (χ1) is 14.4. The molecule has 0 bridgehead atoms. The Morgan fingerprint density at radius 2 is 1.77 bits per heavy atom. The largest absolute Gasteiger partial charge is 0.333 e. The molecule has 2 amide bonds. The summed E-state index contributed by atoms with van der Waals surface area (Å²) < 4.78 is 1.82.